The van der Waals surface area contributed by atoms with Crippen LogP contribution in [0.4, 0.5) is 18.9 Å². The second-order valence-electron chi connectivity index (χ2n) is 5.80. The summed E-state index contributed by atoms with van der Waals surface area (Å²) >= 11 is 0. The number of anilines is 1. The Morgan fingerprint density at radius 2 is 1.75 bits per heavy atom. The van der Waals surface area contributed by atoms with Crippen molar-refractivity contribution in [1.29, 1.82) is 0 Å². The van der Waals surface area contributed by atoms with Crippen molar-refractivity contribution < 1.29 is 13.2 Å². The first-order chi connectivity index (χ1) is 9.21. The van der Waals surface area contributed by atoms with E-state index in [1.54, 1.807) is 11.0 Å². The average molecular weight is 288 g/mol. The van der Waals surface area contributed by atoms with Gasteiger partial charge in [-0.25, -0.2) is 0 Å². The van der Waals surface area contributed by atoms with E-state index in [4.69, 9.17) is 5.73 Å². The van der Waals surface area contributed by atoms with Gasteiger partial charge in [0, 0.05) is 18.8 Å². The zero-order chi connectivity index (χ0) is 15.4. The minimum Gasteiger partial charge on any atom is -0.370 e. The molecule has 1 aromatic carbocycles. The molecule has 2 N–H and O–H groups in total. The molecule has 5 heteroatoms. The molecule has 0 unspecified atom stereocenters. The van der Waals surface area contributed by atoms with Gasteiger partial charge in [-0.2, -0.15) is 13.2 Å². The van der Waals surface area contributed by atoms with Crippen LogP contribution in [0.2, 0.25) is 0 Å². The van der Waals surface area contributed by atoms with E-state index in [2.05, 4.69) is 0 Å². The number of hydrogen-bond donors (Lipinski definition) is 1. The standard InChI is InChI=1S/C15H23F3N2/c1-4-9-20(11-14(2,3)10-19)13-8-6-5-7-12(13)15(16,17)18/h5-8H,4,9-11,19H2,1-3H3. The lowest BCUT2D eigenvalue weighted by Gasteiger charge is -2.34. The first-order valence-corrected chi connectivity index (χ1v) is 6.82. The van der Waals surface area contributed by atoms with E-state index in [1.165, 1.54) is 12.1 Å². The highest BCUT2D eigenvalue weighted by molar-refractivity contribution is 5.55. The van der Waals surface area contributed by atoms with Gasteiger partial charge >= 0.3 is 6.18 Å². The van der Waals surface area contributed by atoms with E-state index in [0.717, 1.165) is 12.5 Å². The van der Waals surface area contributed by atoms with E-state index in [0.29, 0.717) is 19.6 Å². The van der Waals surface area contributed by atoms with Gasteiger partial charge in [0.1, 0.15) is 0 Å². The quantitative estimate of drug-likeness (QED) is 0.860. The van der Waals surface area contributed by atoms with Crippen molar-refractivity contribution in [3.63, 3.8) is 0 Å². The van der Waals surface area contributed by atoms with Crippen molar-refractivity contribution >= 4 is 5.69 Å². The van der Waals surface area contributed by atoms with Crippen LogP contribution in [-0.4, -0.2) is 19.6 Å². The number of alkyl halides is 3. The molecule has 0 radical (unpaired) electrons. The Bertz CT molecular complexity index is 427. The summed E-state index contributed by atoms with van der Waals surface area (Å²) in [6.45, 7) is 7.40. The lowest BCUT2D eigenvalue weighted by Crippen LogP contribution is -2.40. The average Bonchev–Trinajstić information content (AvgIpc) is 2.37. The molecule has 0 spiro atoms. The molecule has 0 saturated carbocycles. The third-order valence-electron chi connectivity index (χ3n) is 3.22. The summed E-state index contributed by atoms with van der Waals surface area (Å²) in [5, 5.41) is 0. The maximum atomic E-state index is 13.1. The van der Waals surface area contributed by atoms with E-state index in [1.807, 2.05) is 20.8 Å². The molecule has 0 aliphatic heterocycles. The Hall–Kier alpha value is -1.23. The number of hydrogen-bond acceptors (Lipinski definition) is 2. The molecule has 0 atom stereocenters. The molecule has 1 rings (SSSR count). The van der Waals surface area contributed by atoms with Crippen molar-refractivity contribution in [3.05, 3.63) is 29.8 Å². The fourth-order valence-corrected chi connectivity index (χ4v) is 2.12. The van der Waals surface area contributed by atoms with Crippen LogP contribution in [0.3, 0.4) is 0 Å². The zero-order valence-electron chi connectivity index (χ0n) is 12.3. The second-order valence-corrected chi connectivity index (χ2v) is 5.80. The maximum Gasteiger partial charge on any atom is 0.418 e. The lowest BCUT2D eigenvalue weighted by molar-refractivity contribution is -0.137. The molecule has 0 aliphatic rings. The van der Waals surface area contributed by atoms with E-state index in [-0.39, 0.29) is 11.1 Å². The fourth-order valence-electron chi connectivity index (χ4n) is 2.12. The van der Waals surface area contributed by atoms with Gasteiger partial charge in [0.15, 0.2) is 0 Å². The van der Waals surface area contributed by atoms with Gasteiger partial charge in [-0.1, -0.05) is 32.9 Å². The monoisotopic (exact) mass is 288 g/mol. The van der Waals surface area contributed by atoms with E-state index < -0.39 is 11.7 Å². The molecule has 114 valence electrons. The van der Waals surface area contributed by atoms with Gasteiger partial charge in [0.2, 0.25) is 0 Å². The van der Waals surface area contributed by atoms with E-state index >= 15 is 0 Å². The fraction of sp³-hybridized carbons (Fsp3) is 0.600. The highest BCUT2D eigenvalue weighted by Crippen LogP contribution is 2.37. The van der Waals surface area contributed by atoms with Gasteiger partial charge in [0.25, 0.3) is 0 Å². The van der Waals surface area contributed by atoms with Gasteiger partial charge in [0.05, 0.1) is 5.56 Å². The molecule has 0 amide bonds. The highest BCUT2D eigenvalue weighted by atomic mass is 19.4. The Morgan fingerprint density at radius 1 is 1.15 bits per heavy atom. The Balaban J connectivity index is 3.16. The molecule has 0 aromatic heterocycles. The van der Waals surface area contributed by atoms with Crippen molar-refractivity contribution in [3.8, 4) is 0 Å². The number of nitrogens with zero attached hydrogens (tertiary/aromatic N) is 1. The second kappa shape index (κ2) is 6.48. The van der Waals surface area contributed by atoms with Gasteiger partial charge in [-0.05, 0) is 30.5 Å². The zero-order valence-corrected chi connectivity index (χ0v) is 12.3. The van der Waals surface area contributed by atoms with Crippen LogP contribution in [-0.2, 0) is 6.18 Å². The summed E-state index contributed by atoms with van der Waals surface area (Å²) < 4.78 is 39.3. The smallest absolute Gasteiger partial charge is 0.370 e. The highest BCUT2D eigenvalue weighted by Gasteiger charge is 2.35. The minimum absolute atomic E-state index is 0.228. The van der Waals surface area contributed by atoms with Crippen LogP contribution in [0, 0.1) is 5.41 Å². The van der Waals surface area contributed by atoms with Gasteiger partial charge < -0.3 is 10.6 Å². The first-order valence-electron chi connectivity index (χ1n) is 6.82. The summed E-state index contributed by atoms with van der Waals surface area (Å²) in [5.74, 6) is 0. The number of halogens is 3. The van der Waals surface area contributed by atoms with Crippen molar-refractivity contribution in [1.82, 2.24) is 0 Å². The third-order valence-corrected chi connectivity index (χ3v) is 3.22. The third kappa shape index (κ3) is 4.40. The molecule has 1 aromatic rings. The van der Waals surface area contributed by atoms with Crippen molar-refractivity contribution in [2.45, 2.75) is 33.4 Å². The molecule has 0 fully saturated rings. The van der Waals surface area contributed by atoms with Crippen molar-refractivity contribution in [2.24, 2.45) is 11.1 Å². The minimum atomic E-state index is -4.34. The van der Waals surface area contributed by atoms with Crippen molar-refractivity contribution in [2.75, 3.05) is 24.5 Å². The summed E-state index contributed by atoms with van der Waals surface area (Å²) in [5.41, 5.74) is 5.13. The molecule has 20 heavy (non-hydrogen) atoms. The largest absolute Gasteiger partial charge is 0.418 e. The Kier molecular flexibility index (Phi) is 5.45. The number of benzene rings is 1. The lowest BCUT2D eigenvalue weighted by atomic mass is 9.92. The number of para-hydroxylation sites is 1. The molecule has 0 saturated heterocycles. The van der Waals surface area contributed by atoms with Crippen LogP contribution in [0.5, 0.6) is 0 Å². The molecular formula is C15H23F3N2. The predicted octanol–water partition coefficient (Wildman–Crippen LogP) is 3.91. The van der Waals surface area contributed by atoms with Crippen LogP contribution >= 0.6 is 0 Å². The maximum absolute atomic E-state index is 13.1. The van der Waals surface area contributed by atoms with Crippen LogP contribution in [0.15, 0.2) is 24.3 Å². The van der Waals surface area contributed by atoms with Crippen LogP contribution in [0.1, 0.15) is 32.8 Å². The van der Waals surface area contributed by atoms with E-state index in [9.17, 15) is 13.2 Å². The summed E-state index contributed by atoms with van der Waals surface area (Å²) in [6, 6.07) is 5.73. The van der Waals surface area contributed by atoms with Gasteiger partial charge in [-0.3, -0.25) is 0 Å². The molecule has 0 aliphatic carbocycles. The molecule has 0 heterocycles. The number of rotatable bonds is 6. The van der Waals surface area contributed by atoms with Crippen LogP contribution < -0.4 is 10.6 Å². The number of nitrogens with two attached hydrogens (primary N) is 1. The topological polar surface area (TPSA) is 29.3 Å². The van der Waals surface area contributed by atoms with Gasteiger partial charge in [-0.15, -0.1) is 0 Å². The van der Waals surface area contributed by atoms with Crippen LogP contribution in [0.25, 0.3) is 0 Å². The Morgan fingerprint density at radius 3 is 2.25 bits per heavy atom. The molecular weight excluding hydrogens is 265 g/mol. The predicted molar refractivity (Wildman–Crippen MR) is 76.8 cm³/mol. The molecule has 0 bridgehead atoms. The summed E-state index contributed by atoms with van der Waals surface area (Å²) in [4.78, 5) is 1.79. The SMILES string of the molecule is CCCN(CC(C)(C)CN)c1ccccc1C(F)(F)F. The normalized spacial score (nSPS) is 12.6. The summed E-state index contributed by atoms with van der Waals surface area (Å²) in [7, 11) is 0. The molecule has 2 nitrogen and oxygen atoms in total. The Labute approximate surface area is 118 Å². The first kappa shape index (κ1) is 16.8. The summed E-state index contributed by atoms with van der Waals surface area (Å²) in [6.07, 6.45) is -3.55.